The molecule has 2 amide bonds. The van der Waals surface area contributed by atoms with Gasteiger partial charge in [0, 0.05) is 28.1 Å². The second-order valence-electron chi connectivity index (χ2n) is 3.48. The first-order valence-corrected chi connectivity index (χ1v) is 7.05. The fraction of sp³-hybridized carbons (Fsp3) is 0.111. The molecule has 0 aliphatic carbocycles. The van der Waals surface area contributed by atoms with Gasteiger partial charge in [0.15, 0.2) is 0 Å². The number of halogens is 1. The maximum absolute atomic E-state index is 11.4. The number of nitrogens with zero attached hydrogens (tertiary/aromatic N) is 1. The molecule has 0 aromatic heterocycles. The Balaban J connectivity index is 2.93. The molecule has 1 rings (SSSR count). The van der Waals surface area contributed by atoms with Gasteiger partial charge >= 0.3 is 6.03 Å². The zero-order valence-electron chi connectivity index (χ0n) is 9.31. The molecule has 7 nitrogen and oxygen atoms in total. The van der Waals surface area contributed by atoms with Crippen LogP contribution in [0.2, 0.25) is 5.02 Å². The van der Waals surface area contributed by atoms with E-state index in [0.29, 0.717) is 0 Å². The van der Waals surface area contributed by atoms with Gasteiger partial charge in [0.25, 0.3) is 5.69 Å². The molecule has 0 spiro atoms. The molecule has 0 aliphatic heterocycles. The summed E-state index contributed by atoms with van der Waals surface area (Å²) in [6, 6.07) is 2.78. The Bertz CT molecular complexity index is 600. The smallest absolute Gasteiger partial charge is 0.306 e. The molecule has 98 valence electrons. The van der Waals surface area contributed by atoms with E-state index in [1.807, 2.05) is 0 Å². The number of non-ortho nitro benzene ring substituents is 1. The average Bonchev–Trinajstić information content (AvgIpc) is 2.18. The molecule has 0 radical (unpaired) electrons. The summed E-state index contributed by atoms with van der Waals surface area (Å²) in [7, 11) is -2.72. The molecule has 0 bridgehead atoms. The van der Waals surface area contributed by atoms with Crippen molar-refractivity contribution in [3.8, 4) is 0 Å². The molecule has 0 fully saturated rings. The van der Waals surface area contributed by atoms with Crippen LogP contribution in [0.15, 0.2) is 18.2 Å². The Morgan fingerprint density at radius 3 is 2.67 bits per heavy atom. The van der Waals surface area contributed by atoms with E-state index < -0.39 is 20.7 Å². The summed E-state index contributed by atoms with van der Waals surface area (Å²) in [5.74, 6) is 3.23. The topological polar surface area (TPSA) is 101 Å². The summed E-state index contributed by atoms with van der Waals surface area (Å²) in [6.07, 6.45) is 1.24. The highest BCUT2D eigenvalue weighted by Gasteiger charge is 2.12. The van der Waals surface area contributed by atoms with Crippen LogP contribution in [-0.4, -0.2) is 27.3 Å². The van der Waals surface area contributed by atoms with Crippen molar-refractivity contribution < 1.29 is 13.9 Å². The van der Waals surface area contributed by atoms with E-state index in [-0.39, 0.29) is 16.4 Å². The number of urea groups is 1. The summed E-state index contributed by atoms with van der Waals surface area (Å²) in [5, 5.41) is 12.9. The molecule has 9 heteroatoms. The lowest BCUT2D eigenvalue weighted by Crippen LogP contribution is -2.33. The lowest BCUT2D eigenvalue weighted by molar-refractivity contribution is -0.384. The molecular weight excluding hydrogens is 282 g/mol. The van der Waals surface area contributed by atoms with Gasteiger partial charge in [0.1, 0.15) is 0 Å². The van der Waals surface area contributed by atoms with E-state index >= 15 is 0 Å². The van der Waals surface area contributed by atoms with Crippen molar-refractivity contribution in [1.82, 2.24) is 4.72 Å². The highest BCUT2D eigenvalue weighted by Crippen LogP contribution is 2.26. The van der Waals surface area contributed by atoms with Crippen LogP contribution in [0, 0.1) is 10.1 Å². The van der Waals surface area contributed by atoms with E-state index in [4.69, 9.17) is 11.6 Å². The predicted octanol–water partition coefficient (Wildman–Crippen LogP) is 1.63. The summed E-state index contributed by atoms with van der Waals surface area (Å²) in [6.45, 7) is 0. The molecule has 0 saturated carbocycles. The number of nitro groups is 1. The second-order valence-corrected chi connectivity index (χ2v) is 6.10. The Hall–Kier alpha value is -1.80. The number of carbonyl (C=O) groups excluding carboxylic acids is 1. The fourth-order valence-electron chi connectivity index (χ4n) is 1.07. The Labute approximate surface area is 108 Å². The molecule has 2 N–H and O–H groups in total. The van der Waals surface area contributed by atoms with Gasteiger partial charge < -0.3 is 5.32 Å². The van der Waals surface area contributed by atoms with Gasteiger partial charge in [-0.2, -0.15) is 0 Å². The van der Waals surface area contributed by atoms with E-state index in [1.54, 1.807) is 0 Å². The SMILES string of the molecule is C=S(C)(=O)NC(=O)Nc1cc([N+](=O)[O-])ccc1Cl. The number of nitrogens with one attached hydrogen (secondary N) is 2. The monoisotopic (exact) mass is 291 g/mol. The molecular formula is C9H10ClN3O4S. The van der Waals surface area contributed by atoms with Crippen molar-refractivity contribution in [2.75, 3.05) is 11.6 Å². The maximum atomic E-state index is 11.4. The predicted molar refractivity (Wildman–Crippen MR) is 71.4 cm³/mol. The Morgan fingerprint density at radius 2 is 2.17 bits per heavy atom. The number of hydrogen-bond donors (Lipinski definition) is 2. The van der Waals surface area contributed by atoms with Crippen LogP contribution in [0.3, 0.4) is 0 Å². The van der Waals surface area contributed by atoms with Crippen LogP contribution >= 0.6 is 11.6 Å². The second kappa shape index (κ2) is 5.23. The number of rotatable bonds is 3. The summed E-state index contributed by atoms with van der Waals surface area (Å²) >= 11 is 5.76. The van der Waals surface area contributed by atoms with Crippen molar-refractivity contribution >= 4 is 44.6 Å². The van der Waals surface area contributed by atoms with Gasteiger partial charge in [-0.3, -0.25) is 14.8 Å². The number of amides is 2. The van der Waals surface area contributed by atoms with E-state index in [1.165, 1.54) is 18.4 Å². The van der Waals surface area contributed by atoms with Crippen molar-refractivity contribution in [3.63, 3.8) is 0 Å². The molecule has 0 heterocycles. The number of benzene rings is 1. The third kappa shape index (κ3) is 4.22. The highest BCUT2D eigenvalue weighted by molar-refractivity contribution is 7.98. The van der Waals surface area contributed by atoms with Crippen molar-refractivity contribution in [3.05, 3.63) is 33.3 Å². The standard InChI is InChI=1S/C9H10ClN3O4S/c1-18(2,17)12-9(14)11-8-5-6(13(15)16)3-4-7(8)10/h3-5H,1H2,2H3,(H2,11,12,14,17). The molecule has 18 heavy (non-hydrogen) atoms. The first-order chi connectivity index (χ1) is 8.19. The zero-order chi connectivity index (χ0) is 13.9. The van der Waals surface area contributed by atoms with Gasteiger partial charge in [-0.15, -0.1) is 0 Å². The number of hydrogen-bond acceptors (Lipinski definition) is 4. The number of nitro benzene ring substituents is 1. The van der Waals surface area contributed by atoms with Crippen LogP contribution < -0.4 is 10.0 Å². The minimum Gasteiger partial charge on any atom is -0.306 e. The van der Waals surface area contributed by atoms with Crippen molar-refractivity contribution in [2.45, 2.75) is 0 Å². The largest absolute Gasteiger partial charge is 0.330 e. The quantitative estimate of drug-likeness (QED) is 0.502. The minimum atomic E-state index is -2.72. The highest BCUT2D eigenvalue weighted by atomic mass is 35.5. The Morgan fingerprint density at radius 1 is 1.56 bits per heavy atom. The zero-order valence-corrected chi connectivity index (χ0v) is 10.9. The first-order valence-electron chi connectivity index (χ1n) is 4.54. The normalized spacial score (nSPS) is 13.4. The van der Waals surface area contributed by atoms with Crippen molar-refractivity contribution in [1.29, 1.82) is 0 Å². The molecule has 1 unspecified atom stereocenters. The first kappa shape index (κ1) is 14.3. The fourth-order valence-corrected chi connectivity index (χ4v) is 1.67. The van der Waals surface area contributed by atoms with Gasteiger partial charge in [-0.05, 0) is 11.9 Å². The average molecular weight is 292 g/mol. The summed E-state index contributed by atoms with van der Waals surface area (Å²) in [4.78, 5) is 21.3. The van der Waals surface area contributed by atoms with Gasteiger partial charge in [0.2, 0.25) is 0 Å². The van der Waals surface area contributed by atoms with Crippen LogP contribution in [0.5, 0.6) is 0 Å². The third-order valence-electron chi connectivity index (χ3n) is 1.72. The maximum Gasteiger partial charge on any atom is 0.330 e. The lowest BCUT2D eigenvalue weighted by atomic mass is 10.3. The van der Waals surface area contributed by atoms with Crippen LogP contribution in [0.25, 0.3) is 0 Å². The van der Waals surface area contributed by atoms with Gasteiger partial charge in [-0.1, -0.05) is 11.6 Å². The molecule has 1 aromatic rings. The molecule has 0 saturated heterocycles. The summed E-state index contributed by atoms with van der Waals surface area (Å²) < 4.78 is 13.3. The molecule has 1 atom stereocenters. The van der Waals surface area contributed by atoms with Crippen LogP contribution in [0.4, 0.5) is 16.2 Å². The van der Waals surface area contributed by atoms with E-state index in [0.717, 1.165) is 6.07 Å². The van der Waals surface area contributed by atoms with Crippen LogP contribution in [-0.2, 0) is 9.71 Å². The van der Waals surface area contributed by atoms with Gasteiger partial charge in [0.05, 0.1) is 15.6 Å². The van der Waals surface area contributed by atoms with Crippen molar-refractivity contribution in [2.24, 2.45) is 0 Å². The number of anilines is 1. The van der Waals surface area contributed by atoms with E-state index in [2.05, 4.69) is 15.9 Å². The molecule has 0 aliphatic rings. The summed E-state index contributed by atoms with van der Waals surface area (Å²) in [5.41, 5.74) is -0.173. The minimum absolute atomic E-state index is 0.0482. The lowest BCUT2D eigenvalue weighted by Gasteiger charge is -2.09. The van der Waals surface area contributed by atoms with Gasteiger partial charge in [-0.25, -0.2) is 9.00 Å². The molecule has 1 aromatic carbocycles. The van der Waals surface area contributed by atoms with E-state index in [9.17, 15) is 19.1 Å². The number of carbonyl (C=O) groups is 1. The van der Waals surface area contributed by atoms with Crippen LogP contribution in [0.1, 0.15) is 0 Å². The Kier molecular flexibility index (Phi) is 4.15. The third-order valence-corrected chi connectivity index (χ3v) is 2.66.